The molecule has 4 rings (SSSR count). The smallest absolute Gasteiger partial charge is 0.284 e. The zero-order valence-corrected chi connectivity index (χ0v) is 17.2. The summed E-state index contributed by atoms with van der Waals surface area (Å²) in [7, 11) is 0. The Hall–Kier alpha value is -2.99. The molecule has 2 N–H and O–H groups in total. The van der Waals surface area contributed by atoms with E-state index >= 15 is 0 Å². The van der Waals surface area contributed by atoms with Gasteiger partial charge in [0, 0.05) is 16.5 Å². The van der Waals surface area contributed by atoms with Crippen molar-refractivity contribution in [2.24, 2.45) is 5.10 Å². The second-order valence-electron chi connectivity index (χ2n) is 7.96. The molecule has 150 valence electrons. The van der Waals surface area contributed by atoms with Gasteiger partial charge in [-0.25, -0.2) is 5.43 Å². The standard InChI is InChI=1S/C22H22ClN3O3/c1-22(2,3)13-8-9-17-18(10-13)29-19(12-28-17)21(27)26-24-11-15-14-6-4-5-7-16(14)25-20(15)23/h4-11,19,25H,12H2,1-3H3,(H,26,27)/b24-11+. The van der Waals surface area contributed by atoms with Gasteiger partial charge in [-0.2, -0.15) is 5.10 Å². The van der Waals surface area contributed by atoms with Crippen LogP contribution in [0.3, 0.4) is 0 Å². The lowest BCUT2D eigenvalue weighted by atomic mass is 9.87. The third-order valence-corrected chi connectivity index (χ3v) is 5.13. The minimum absolute atomic E-state index is 0.0313. The Morgan fingerprint density at radius 2 is 2.03 bits per heavy atom. The maximum atomic E-state index is 12.5. The van der Waals surface area contributed by atoms with Crippen LogP contribution in [0.2, 0.25) is 5.15 Å². The highest BCUT2D eigenvalue weighted by atomic mass is 35.5. The summed E-state index contributed by atoms with van der Waals surface area (Å²) in [6, 6.07) is 13.5. The average Bonchev–Trinajstić information content (AvgIpc) is 3.01. The van der Waals surface area contributed by atoms with Crippen molar-refractivity contribution < 1.29 is 14.3 Å². The fourth-order valence-electron chi connectivity index (χ4n) is 3.16. The normalized spacial score (nSPS) is 16.3. The Morgan fingerprint density at radius 1 is 1.24 bits per heavy atom. The van der Waals surface area contributed by atoms with Crippen molar-refractivity contribution in [3.8, 4) is 11.5 Å². The molecule has 0 saturated carbocycles. The molecule has 0 saturated heterocycles. The number of halogens is 1. The Labute approximate surface area is 173 Å². The molecule has 1 aliphatic rings. The predicted molar refractivity (Wildman–Crippen MR) is 114 cm³/mol. The molecule has 2 aromatic carbocycles. The van der Waals surface area contributed by atoms with E-state index in [-0.39, 0.29) is 17.9 Å². The minimum atomic E-state index is -0.784. The highest BCUT2D eigenvalue weighted by Gasteiger charge is 2.28. The first kappa shape index (κ1) is 19.3. The lowest BCUT2D eigenvalue weighted by Crippen LogP contribution is -2.42. The maximum Gasteiger partial charge on any atom is 0.284 e. The van der Waals surface area contributed by atoms with Gasteiger partial charge in [0.15, 0.2) is 11.5 Å². The summed E-state index contributed by atoms with van der Waals surface area (Å²) in [5.41, 5.74) is 5.20. The topological polar surface area (TPSA) is 75.7 Å². The van der Waals surface area contributed by atoms with Gasteiger partial charge in [-0.15, -0.1) is 0 Å². The van der Waals surface area contributed by atoms with Crippen molar-refractivity contribution in [3.63, 3.8) is 0 Å². The molecule has 1 unspecified atom stereocenters. The molecular formula is C22H22ClN3O3. The fourth-order valence-corrected chi connectivity index (χ4v) is 3.41. The number of hydrogen-bond donors (Lipinski definition) is 2. The number of hydrazone groups is 1. The summed E-state index contributed by atoms with van der Waals surface area (Å²) >= 11 is 6.24. The van der Waals surface area contributed by atoms with Gasteiger partial charge >= 0.3 is 0 Å². The van der Waals surface area contributed by atoms with Crippen LogP contribution in [0.25, 0.3) is 10.9 Å². The fraction of sp³-hybridized carbons (Fsp3) is 0.273. The van der Waals surface area contributed by atoms with Crippen molar-refractivity contribution in [2.75, 3.05) is 6.61 Å². The maximum absolute atomic E-state index is 12.5. The number of ether oxygens (including phenoxy) is 2. The van der Waals surface area contributed by atoms with Crippen LogP contribution < -0.4 is 14.9 Å². The van der Waals surface area contributed by atoms with E-state index in [9.17, 15) is 4.79 Å². The molecule has 0 spiro atoms. The molecule has 7 heteroatoms. The van der Waals surface area contributed by atoms with Crippen LogP contribution in [0.4, 0.5) is 0 Å². The molecular weight excluding hydrogens is 390 g/mol. The number of hydrogen-bond acceptors (Lipinski definition) is 4. The van der Waals surface area contributed by atoms with Crippen molar-refractivity contribution in [1.29, 1.82) is 0 Å². The lowest BCUT2D eigenvalue weighted by Gasteiger charge is -2.27. The quantitative estimate of drug-likeness (QED) is 0.495. The van der Waals surface area contributed by atoms with Crippen LogP contribution in [0.15, 0.2) is 47.6 Å². The Kier molecular flexibility index (Phi) is 4.96. The number of carbonyl (C=O) groups excluding carboxylic acids is 1. The van der Waals surface area contributed by atoms with E-state index in [0.717, 1.165) is 16.5 Å². The summed E-state index contributed by atoms with van der Waals surface area (Å²) in [6.45, 7) is 6.48. The molecule has 1 aromatic heterocycles. The van der Waals surface area contributed by atoms with Crippen LogP contribution in [-0.2, 0) is 10.2 Å². The number of para-hydroxylation sites is 1. The van der Waals surface area contributed by atoms with Crippen molar-refractivity contribution in [2.45, 2.75) is 32.3 Å². The minimum Gasteiger partial charge on any atom is -0.485 e. The number of nitrogens with zero attached hydrogens (tertiary/aromatic N) is 1. The van der Waals surface area contributed by atoms with Crippen LogP contribution in [-0.4, -0.2) is 29.8 Å². The van der Waals surface area contributed by atoms with Crippen molar-refractivity contribution in [3.05, 3.63) is 58.7 Å². The highest BCUT2D eigenvalue weighted by molar-refractivity contribution is 6.34. The van der Waals surface area contributed by atoms with Crippen LogP contribution >= 0.6 is 11.6 Å². The average molecular weight is 412 g/mol. The molecule has 0 fully saturated rings. The van der Waals surface area contributed by atoms with Gasteiger partial charge in [-0.05, 0) is 29.2 Å². The Morgan fingerprint density at radius 3 is 2.83 bits per heavy atom. The first-order chi connectivity index (χ1) is 13.8. The van der Waals surface area contributed by atoms with Crippen LogP contribution in [0.5, 0.6) is 11.5 Å². The van der Waals surface area contributed by atoms with E-state index in [1.807, 2.05) is 42.5 Å². The molecule has 6 nitrogen and oxygen atoms in total. The third-order valence-electron chi connectivity index (χ3n) is 4.83. The second kappa shape index (κ2) is 7.44. The third kappa shape index (κ3) is 3.93. The van der Waals surface area contributed by atoms with E-state index in [4.69, 9.17) is 21.1 Å². The summed E-state index contributed by atoms with van der Waals surface area (Å²) in [6.07, 6.45) is 0.738. The summed E-state index contributed by atoms with van der Waals surface area (Å²) in [4.78, 5) is 15.6. The monoisotopic (exact) mass is 411 g/mol. The molecule has 29 heavy (non-hydrogen) atoms. The highest BCUT2D eigenvalue weighted by Crippen LogP contribution is 2.36. The molecule has 2 heterocycles. The van der Waals surface area contributed by atoms with Crippen LogP contribution in [0, 0.1) is 0 Å². The summed E-state index contributed by atoms with van der Waals surface area (Å²) in [5.74, 6) is 0.813. The zero-order valence-electron chi connectivity index (χ0n) is 16.5. The number of fused-ring (bicyclic) bond motifs is 2. The van der Waals surface area contributed by atoms with E-state index < -0.39 is 6.10 Å². The number of amides is 1. The van der Waals surface area contributed by atoms with E-state index in [1.54, 1.807) is 0 Å². The molecule has 0 radical (unpaired) electrons. The first-order valence-corrected chi connectivity index (χ1v) is 9.74. The van der Waals surface area contributed by atoms with E-state index in [0.29, 0.717) is 22.2 Å². The lowest BCUT2D eigenvalue weighted by molar-refractivity contribution is -0.130. The van der Waals surface area contributed by atoms with Gasteiger partial charge in [0.05, 0.1) is 6.21 Å². The summed E-state index contributed by atoms with van der Waals surface area (Å²) < 4.78 is 11.6. The van der Waals surface area contributed by atoms with Gasteiger partial charge in [0.25, 0.3) is 5.91 Å². The zero-order chi connectivity index (χ0) is 20.6. The number of rotatable bonds is 3. The van der Waals surface area contributed by atoms with Gasteiger partial charge < -0.3 is 14.5 Å². The number of benzene rings is 2. The van der Waals surface area contributed by atoms with Crippen LogP contribution in [0.1, 0.15) is 31.9 Å². The SMILES string of the molecule is CC(C)(C)c1ccc2c(c1)OC(C(=O)N/N=C/c1c(Cl)[nH]c3ccccc13)CO2. The molecule has 0 aliphatic carbocycles. The summed E-state index contributed by atoms with van der Waals surface area (Å²) in [5, 5.41) is 5.44. The number of carbonyl (C=O) groups is 1. The first-order valence-electron chi connectivity index (χ1n) is 9.36. The second-order valence-corrected chi connectivity index (χ2v) is 8.34. The van der Waals surface area contributed by atoms with Crippen molar-refractivity contribution in [1.82, 2.24) is 10.4 Å². The number of nitrogens with one attached hydrogen (secondary N) is 2. The number of aromatic nitrogens is 1. The molecule has 1 atom stereocenters. The van der Waals surface area contributed by atoms with E-state index in [2.05, 4.69) is 36.3 Å². The van der Waals surface area contributed by atoms with E-state index in [1.165, 1.54) is 6.21 Å². The Bertz CT molecular complexity index is 1100. The largest absolute Gasteiger partial charge is 0.485 e. The van der Waals surface area contributed by atoms with Gasteiger partial charge in [-0.3, -0.25) is 4.79 Å². The Balaban J connectivity index is 1.46. The van der Waals surface area contributed by atoms with Gasteiger partial charge in [0.1, 0.15) is 11.8 Å². The predicted octanol–water partition coefficient (Wildman–Crippen LogP) is 4.41. The molecule has 1 amide bonds. The molecule has 1 aliphatic heterocycles. The molecule has 3 aromatic rings. The van der Waals surface area contributed by atoms with Gasteiger partial charge in [0.2, 0.25) is 6.10 Å². The van der Waals surface area contributed by atoms with Gasteiger partial charge in [-0.1, -0.05) is 56.6 Å². The number of H-pyrrole nitrogens is 1. The molecule has 0 bridgehead atoms. The number of aromatic amines is 1. The van der Waals surface area contributed by atoms with Crippen molar-refractivity contribution >= 4 is 34.6 Å².